The normalized spacial score (nSPS) is 12.7. The molecule has 0 N–H and O–H groups in total. The van der Waals surface area contributed by atoms with Crippen molar-refractivity contribution in [1.82, 2.24) is 4.98 Å². The number of aromatic nitrogens is 1. The summed E-state index contributed by atoms with van der Waals surface area (Å²) in [5, 5.41) is 11.6. The summed E-state index contributed by atoms with van der Waals surface area (Å²) in [5.74, 6) is 0. The van der Waals surface area contributed by atoms with Gasteiger partial charge in [-0.3, -0.25) is 15.1 Å². The molecule has 0 atom stereocenters. The van der Waals surface area contributed by atoms with Crippen molar-refractivity contribution in [1.29, 1.82) is 0 Å². The molecule has 0 aliphatic heterocycles. The number of nitro groups is 1. The van der Waals surface area contributed by atoms with Gasteiger partial charge in [-0.1, -0.05) is 78.9 Å². The predicted octanol–water partition coefficient (Wildman–Crippen LogP) is 6.17. The van der Waals surface area contributed by atoms with E-state index in [1.54, 1.807) is 12.3 Å². The largest absolute Gasteiger partial charge is 0.295 e. The van der Waals surface area contributed by atoms with Gasteiger partial charge in [0.25, 0.3) is 5.69 Å². The molecule has 144 valence electrons. The standard InChI is InChI=1S/C26H18N2O2/c29-28(30)25-17-27-15-14-21(25)20-12-7-13-22-24(20)16-23(18-8-3-1-4-9-18)26(22)19-10-5-2-6-11-19/h1-15,17H,16H2. The fourth-order valence-electron chi connectivity index (χ4n) is 4.27. The highest BCUT2D eigenvalue weighted by molar-refractivity contribution is 6.05. The van der Waals surface area contributed by atoms with Crippen LogP contribution >= 0.6 is 0 Å². The second-order valence-electron chi connectivity index (χ2n) is 7.24. The Balaban J connectivity index is 1.75. The number of fused-ring (bicyclic) bond motifs is 1. The number of benzene rings is 3. The average molecular weight is 390 g/mol. The summed E-state index contributed by atoms with van der Waals surface area (Å²) in [4.78, 5) is 15.2. The average Bonchev–Trinajstić information content (AvgIpc) is 3.20. The molecule has 0 unspecified atom stereocenters. The van der Waals surface area contributed by atoms with Gasteiger partial charge in [0.05, 0.1) is 10.5 Å². The van der Waals surface area contributed by atoms with Crippen LogP contribution in [0.4, 0.5) is 5.69 Å². The summed E-state index contributed by atoms with van der Waals surface area (Å²) in [7, 11) is 0. The lowest BCUT2D eigenvalue weighted by molar-refractivity contribution is -0.384. The van der Waals surface area contributed by atoms with E-state index in [-0.39, 0.29) is 10.6 Å². The van der Waals surface area contributed by atoms with Crippen LogP contribution in [0.25, 0.3) is 22.3 Å². The Kier molecular flexibility index (Phi) is 4.45. The number of rotatable bonds is 4. The van der Waals surface area contributed by atoms with Crippen LogP contribution in [0.15, 0.2) is 97.3 Å². The van der Waals surface area contributed by atoms with Gasteiger partial charge >= 0.3 is 0 Å². The topological polar surface area (TPSA) is 56.0 Å². The first-order valence-electron chi connectivity index (χ1n) is 9.79. The molecule has 5 rings (SSSR count). The maximum Gasteiger partial charge on any atom is 0.295 e. The number of hydrogen-bond donors (Lipinski definition) is 0. The van der Waals surface area contributed by atoms with Gasteiger partial charge in [-0.05, 0) is 51.5 Å². The third-order valence-corrected chi connectivity index (χ3v) is 5.57. The van der Waals surface area contributed by atoms with Crippen molar-refractivity contribution in [3.63, 3.8) is 0 Å². The molecular formula is C26H18N2O2. The first-order chi connectivity index (χ1) is 14.7. The minimum absolute atomic E-state index is 0.0281. The van der Waals surface area contributed by atoms with Gasteiger partial charge < -0.3 is 0 Å². The van der Waals surface area contributed by atoms with E-state index in [2.05, 4.69) is 35.3 Å². The summed E-state index contributed by atoms with van der Waals surface area (Å²) in [6, 6.07) is 28.5. The second kappa shape index (κ2) is 7.41. The Morgan fingerprint density at radius 2 is 1.40 bits per heavy atom. The maximum atomic E-state index is 11.6. The Morgan fingerprint density at radius 1 is 0.733 bits per heavy atom. The van der Waals surface area contributed by atoms with E-state index in [0.717, 1.165) is 28.7 Å². The fraction of sp³-hybridized carbons (Fsp3) is 0.0385. The van der Waals surface area contributed by atoms with Crippen LogP contribution in [0.2, 0.25) is 0 Å². The molecule has 0 saturated heterocycles. The third-order valence-electron chi connectivity index (χ3n) is 5.57. The van der Waals surface area contributed by atoms with Gasteiger partial charge in [0.2, 0.25) is 0 Å². The van der Waals surface area contributed by atoms with Gasteiger partial charge in [-0.15, -0.1) is 0 Å². The monoisotopic (exact) mass is 390 g/mol. The molecule has 0 bridgehead atoms. The molecule has 0 amide bonds. The maximum absolute atomic E-state index is 11.6. The Hall–Kier alpha value is -4.05. The van der Waals surface area contributed by atoms with E-state index in [4.69, 9.17) is 0 Å². The zero-order chi connectivity index (χ0) is 20.5. The zero-order valence-corrected chi connectivity index (χ0v) is 16.2. The minimum Gasteiger partial charge on any atom is -0.258 e. The van der Waals surface area contributed by atoms with Crippen molar-refractivity contribution in [2.24, 2.45) is 0 Å². The molecule has 1 aliphatic rings. The summed E-state index contributed by atoms with van der Waals surface area (Å²) in [6.07, 6.45) is 3.66. The van der Waals surface area contributed by atoms with E-state index in [1.165, 1.54) is 22.9 Å². The zero-order valence-electron chi connectivity index (χ0n) is 16.2. The van der Waals surface area contributed by atoms with E-state index >= 15 is 0 Å². The Labute approximate surface area is 174 Å². The quantitative estimate of drug-likeness (QED) is 0.309. The van der Waals surface area contributed by atoms with Crippen LogP contribution < -0.4 is 0 Å². The summed E-state index contributed by atoms with van der Waals surface area (Å²) >= 11 is 0. The highest BCUT2D eigenvalue weighted by atomic mass is 16.6. The molecule has 1 aliphatic carbocycles. The van der Waals surface area contributed by atoms with Crippen LogP contribution in [0.3, 0.4) is 0 Å². The Bertz CT molecular complexity index is 1280. The molecule has 0 spiro atoms. The number of allylic oxidation sites excluding steroid dienone is 1. The molecule has 4 heteroatoms. The van der Waals surface area contributed by atoms with Crippen LogP contribution in [0, 0.1) is 10.1 Å². The lowest BCUT2D eigenvalue weighted by atomic mass is 9.93. The van der Waals surface area contributed by atoms with Crippen LogP contribution in [-0.4, -0.2) is 9.91 Å². The molecular weight excluding hydrogens is 372 g/mol. The van der Waals surface area contributed by atoms with Crippen molar-refractivity contribution in [2.75, 3.05) is 0 Å². The molecule has 30 heavy (non-hydrogen) atoms. The van der Waals surface area contributed by atoms with Crippen molar-refractivity contribution in [3.05, 3.63) is 130 Å². The first kappa shape index (κ1) is 18.0. The molecule has 1 aromatic heterocycles. The molecule has 0 radical (unpaired) electrons. The van der Waals surface area contributed by atoms with Crippen molar-refractivity contribution in [3.8, 4) is 11.1 Å². The van der Waals surface area contributed by atoms with Crippen molar-refractivity contribution < 1.29 is 4.92 Å². The van der Waals surface area contributed by atoms with Gasteiger partial charge in [-0.2, -0.15) is 0 Å². The van der Waals surface area contributed by atoms with Crippen LogP contribution in [-0.2, 0) is 6.42 Å². The van der Waals surface area contributed by atoms with E-state index < -0.39 is 0 Å². The second-order valence-corrected chi connectivity index (χ2v) is 7.24. The summed E-state index contributed by atoms with van der Waals surface area (Å²) in [6.45, 7) is 0. The summed E-state index contributed by atoms with van der Waals surface area (Å²) < 4.78 is 0. The highest BCUT2D eigenvalue weighted by Crippen LogP contribution is 2.46. The van der Waals surface area contributed by atoms with Gasteiger partial charge in [0.15, 0.2) is 0 Å². The van der Waals surface area contributed by atoms with Crippen LogP contribution in [0.5, 0.6) is 0 Å². The molecule has 1 heterocycles. The third kappa shape index (κ3) is 2.99. The van der Waals surface area contributed by atoms with E-state index in [1.807, 2.05) is 48.5 Å². The smallest absolute Gasteiger partial charge is 0.258 e. The predicted molar refractivity (Wildman–Crippen MR) is 119 cm³/mol. The van der Waals surface area contributed by atoms with Gasteiger partial charge in [0.1, 0.15) is 6.20 Å². The Morgan fingerprint density at radius 3 is 2.10 bits per heavy atom. The van der Waals surface area contributed by atoms with Gasteiger partial charge in [0, 0.05) is 6.20 Å². The fourth-order valence-corrected chi connectivity index (χ4v) is 4.27. The molecule has 0 fully saturated rings. The lowest BCUT2D eigenvalue weighted by Crippen LogP contribution is -1.96. The SMILES string of the molecule is O=[N+]([O-])c1cnccc1-c1cccc2c1CC(c1ccccc1)=C2c1ccccc1. The first-order valence-corrected chi connectivity index (χ1v) is 9.79. The highest BCUT2D eigenvalue weighted by Gasteiger charge is 2.28. The van der Waals surface area contributed by atoms with E-state index in [9.17, 15) is 10.1 Å². The van der Waals surface area contributed by atoms with Gasteiger partial charge in [-0.25, -0.2) is 0 Å². The number of nitrogens with zero attached hydrogens (tertiary/aromatic N) is 2. The number of pyridine rings is 1. The minimum atomic E-state index is -0.361. The van der Waals surface area contributed by atoms with E-state index in [0.29, 0.717) is 5.56 Å². The molecule has 4 aromatic rings. The summed E-state index contributed by atoms with van der Waals surface area (Å²) in [5.41, 5.74) is 8.51. The van der Waals surface area contributed by atoms with Crippen molar-refractivity contribution >= 4 is 16.8 Å². The van der Waals surface area contributed by atoms with Crippen LogP contribution in [0.1, 0.15) is 22.3 Å². The van der Waals surface area contributed by atoms with Crippen molar-refractivity contribution in [2.45, 2.75) is 6.42 Å². The number of hydrogen-bond acceptors (Lipinski definition) is 3. The molecule has 4 nitrogen and oxygen atoms in total. The molecule has 0 saturated carbocycles. The molecule has 3 aromatic carbocycles. The lowest BCUT2D eigenvalue weighted by Gasteiger charge is -2.11.